The predicted molar refractivity (Wildman–Crippen MR) is 105 cm³/mol. The van der Waals surface area contributed by atoms with E-state index in [0.717, 1.165) is 17.1 Å². The molecule has 5 nitrogen and oxygen atoms in total. The number of nitrogens with zero attached hydrogens (tertiary/aromatic N) is 1. The molecule has 2 aromatic rings. The van der Waals surface area contributed by atoms with Crippen molar-refractivity contribution >= 4 is 5.91 Å². The Morgan fingerprint density at radius 1 is 1.04 bits per heavy atom. The van der Waals surface area contributed by atoms with Gasteiger partial charge in [0.25, 0.3) is 0 Å². The van der Waals surface area contributed by atoms with E-state index in [1.54, 1.807) is 0 Å². The number of rotatable bonds is 10. The van der Waals surface area contributed by atoms with Gasteiger partial charge >= 0.3 is 0 Å². The normalized spacial score (nSPS) is 10.3. The Labute approximate surface area is 160 Å². The lowest BCUT2D eigenvalue weighted by Gasteiger charge is -2.15. The van der Waals surface area contributed by atoms with Gasteiger partial charge in [-0.1, -0.05) is 50.2 Å². The summed E-state index contributed by atoms with van der Waals surface area (Å²) in [7, 11) is 0. The minimum absolute atomic E-state index is 0.118. The van der Waals surface area contributed by atoms with Crippen LogP contribution in [0.2, 0.25) is 0 Å². The van der Waals surface area contributed by atoms with Gasteiger partial charge in [0.1, 0.15) is 31.1 Å². The third kappa shape index (κ3) is 6.67. The number of carbonyl (C=O) groups excluding carboxylic acids is 1. The van der Waals surface area contributed by atoms with Crippen LogP contribution >= 0.6 is 0 Å². The Balaban J connectivity index is 1.83. The van der Waals surface area contributed by atoms with Gasteiger partial charge in [-0.05, 0) is 35.6 Å². The van der Waals surface area contributed by atoms with Gasteiger partial charge in [0.2, 0.25) is 5.91 Å². The maximum atomic E-state index is 11.4. The van der Waals surface area contributed by atoms with E-state index in [9.17, 15) is 4.79 Å². The summed E-state index contributed by atoms with van der Waals surface area (Å²) in [4.78, 5) is 11.4. The molecule has 0 aromatic heterocycles. The number of ether oxygens (including phenoxy) is 2. The van der Waals surface area contributed by atoms with E-state index in [1.165, 1.54) is 5.56 Å². The summed E-state index contributed by atoms with van der Waals surface area (Å²) in [5.41, 5.74) is 2.20. The molecule has 0 spiro atoms. The molecule has 27 heavy (non-hydrogen) atoms. The molecule has 1 amide bonds. The highest BCUT2D eigenvalue weighted by atomic mass is 16.5. The van der Waals surface area contributed by atoms with Crippen molar-refractivity contribution in [2.75, 3.05) is 19.8 Å². The fourth-order valence-corrected chi connectivity index (χ4v) is 2.71. The average molecular weight is 366 g/mol. The van der Waals surface area contributed by atoms with Crippen LogP contribution in [0, 0.1) is 11.3 Å². The molecule has 0 radical (unpaired) electrons. The number of hydrogen-bond donors (Lipinski definition) is 1. The van der Waals surface area contributed by atoms with E-state index in [0.29, 0.717) is 32.1 Å². The van der Waals surface area contributed by atoms with Crippen molar-refractivity contribution < 1.29 is 14.3 Å². The zero-order valence-corrected chi connectivity index (χ0v) is 15.9. The first-order valence-corrected chi connectivity index (χ1v) is 9.18. The van der Waals surface area contributed by atoms with Crippen LogP contribution < -0.4 is 14.8 Å². The van der Waals surface area contributed by atoms with Crippen LogP contribution in [-0.2, 0) is 11.2 Å². The molecule has 0 fully saturated rings. The standard InChI is InChI=1S/C22H26N2O3/c1-17(2)19-8-4-6-10-21(19)27-16-15-26-20-9-5-3-7-18(20)12-14-24-22(25)11-13-23/h3-10,17H,11-12,14-16H2,1-2H3,(H,24,25). The summed E-state index contributed by atoms with van der Waals surface area (Å²) in [6.45, 7) is 5.65. The Morgan fingerprint density at radius 3 is 2.37 bits per heavy atom. The number of carbonyl (C=O) groups is 1. The zero-order chi connectivity index (χ0) is 19.5. The summed E-state index contributed by atoms with van der Waals surface area (Å²) in [6, 6.07) is 17.6. The molecule has 0 aliphatic heterocycles. The molecule has 0 bridgehead atoms. The lowest BCUT2D eigenvalue weighted by molar-refractivity contribution is -0.120. The molecule has 0 unspecified atom stereocenters. The third-order valence-electron chi connectivity index (χ3n) is 4.07. The summed E-state index contributed by atoms with van der Waals surface area (Å²) in [6.07, 6.45) is 0.526. The quantitative estimate of drug-likeness (QED) is 0.649. The molecule has 0 saturated carbocycles. The highest BCUT2D eigenvalue weighted by Gasteiger charge is 2.08. The van der Waals surface area contributed by atoms with Crippen molar-refractivity contribution in [3.05, 3.63) is 59.7 Å². The molecule has 142 valence electrons. The average Bonchev–Trinajstić information content (AvgIpc) is 2.66. The van der Waals surface area contributed by atoms with Crippen molar-refractivity contribution in [3.8, 4) is 17.6 Å². The molecule has 0 aliphatic rings. The second kappa shape index (κ2) is 10.9. The van der Waals surface area contributed by atoms with Crippen molar-refractivity contribution in [2.24, 2.45) is 0 Å². The van der Waals surface area contributed by atoms with Crippen LogP contribution in [-0.4, -0.2) is 25.7 Å². The second-order valence-corrected chi connectivity index (χ2v) is 6.43. The van der Waals surface area contributed by atoms with Crippen LogP contribution in [0.15, 0.2) is 48.5 Å². The van der Waals surface area contributed by atoms with Crippen molar-refractivity contribution in [2.45, 2.75) is 32.6 Å². The fraction of sp³-hybridized carbons (Fsp3) is 0.364. The number of hydrogen-bond acceptors (Lipinski definition) is 4. The fourth-order valence-electron chi connectivity index (χ4n) is 2.71. The first kappa shape index (κ1) is 20.3. The van der Waals surface area contributed by atoms with Crippen LogP contribution in [0.4, 0.5) is 0 Å². The minimum atomic E-state index is -0.256. The van der Waals surface area contributed by atoms with Crippen molar-refractivity contribution in [1.82, 2.24) is 5.32 Å². The Hall–Kier alpha value is -3.00. The first-order valence-electron chi connectivity index (χ1n) is 9.18. The van der Waals surface area contributed by atoms with Crippen LogP contribution in [0.1, 0.15) is 37.3 Å². The summed E-state index contributed by atoms with van der Waals surface area (Å²) >= 11 is 0. The smallest absolute Gasteiger partial charge is 0.234 e. The molecule has 1 N–H and O–H groups in total. The molecule has 0 saturated heterocycles. The highest BCUT2D eigenvalue weighted by Crippen LogP contribution is 2.26. The predicted octanol–water partition coefficient (Wildman–Crippen LogP) is 3.84. The minimum Gasteiger partial charge on any atom is -0.490 e. The van der Waals surface area contributed by atoms with Gasteiger partial charge in [0, 0.05) is 6.54 Å². The topological polar surface area (TPSA) is 71.3 Å². The number of amides is 1. The van der Waals surface area contributed by atoms with E-state index in [1.807, 2.05) is 48.5 Å². The van der Waals surface area contributed by atoms with Crippen LogP contribution in [0.25, 0.3) is 0 Å². The second-order valence-electron chi connectivity index (χ2n) is 6.43. The van der Waals surface area contributed by atoms with Gasteiger partial charge in [-0.2, -0.15) is 5.26 Å². The molecular formula is C22H26N2O3. The molecule has 2 rings (SSSR count). The third-order valence-corrected chi connectivity index (χ3v) is 4.07. The molecule has 0 aliphatic carbocycles. The monoisotopic (exact) mass is 366 g/mol. The SMILES string of the molecule is CC(C)c1ccccc1OCCOc1ccccc1CCNC(=O)CC#N. The van der Waals surface area contributed by atoms with Crippen molar-refractivity contribution in [3.63, 3.8) is 0 Å². The van der Waals surface area contributed by atoms with Gasteiger partial charge in [-0.3, -0.25) is 4.79 Å². The first-order chi connectivity index (χ1) is 13.1. The van der Waals surface area contributed by atoms with Crippen molar-refractivity contribution in [1.29, 1.82) is 5.26 Å². The van der Waals surface area contributed by atoms with E-state index < -0.39 is 0 Å². The number of nitriles is 1. The van der Waals surface area contributed by atoms with E-state index in [2.05, 4.69) is 25.2 Å². The maximum absolute atomic E-state index is 11.4. The highest BCUT2D eigenvalue weighted by molar-refractivity contribution is 5.77. The molecular weight excluding hydrogens is 340 g/mol. The number of benzene rings is 2. The van der Waals surface area contributed by atoms with Gasteiger partial charge in [0.05, 0.1) is 6.07 Å². The lowest BCUT2D eigenvalue weighted by atomic mass is 10.0. The largest absolute Gasteiger partial charge is 0.490 e. The molecule has 5 heteroatoms. The van der Waals surface area contributed by atoms with Gasteiger partial charge in [0.15, 0.2) is 0 Å². The summed E-state index contributed by atoms with van der Waals surface area (Å²) < 4.78 is 11.8. The van der Waals surface area contributed by atoms with Gasteiger partial charge < -0.3 is 14.8 Å². The Kier molecular flexibility index (Phi) is 8.18. The number of nitrogens with one attached hydrogen (secondary N) is 1. The van der Waals surface area contributed by atoms with E-state index in [4.69, 9.17) is 14.7 Å². The lowest BCUT2D eigenvalue weighted by Crippen LogP contribution is -2.25. The van der Waals surface area contributed by atoms with Gasteiger partial charge in [-0.15, -0.1) is 0 Å². The molecule has 0 heterocycles. The van der Waals surface area contributed by atoms with Crippen LogP contribution in [0.5, 0.6) is 11.5 Å². The molecule has 0 atom stereocenters. The van der Waals surface area contributed by atoms with Crippen LogP contribution in [0.3, 0.4) is 0 Å². The molecule has 2 aromatic carbocycles. The summed E-state index contributed by atoms with van der Waals surface area (Å²) in [5.74, 6) is 1.82. The maximum Gasteiger partial charge on any atom is 0.234 e. The van der Waals surface area contributed by atoms with E-state index >= 15 is 0 Å². The Morgan fingerprint density at radius 2 is 1.67 bits per heavy atom. The van der Waals surface area contributed by atoms with Gasteiger partial charge in [-0.25, -0.2) is 0 Å². The number of para-hydroxylation sites is 2. The zero-order valence-electron chi connectivity index (χ0n) is 15.9. The van der Waals surface area contributed by atoms with E-state index in [-0.39, 0.29) is 12.3 Å². The Bertz CT molecular complexity index is 781. The summed E-state index contributed by atoms with van der Waals surface area (Å²) in [5, 5.41) is 11.2.